The SMILES string of the molecule is CC(C)(C)c1cccc(C(C)(C)C)c1O.COC. The molecule has 1 aromatic rings. The number of hydrogen-bond donors (Lipinski definition) is 1. The van der Waals surface area contributed by atoms with Gasteiger partial charge in [0.15, 0.2) is 0 Å². The van der Waals surface area contributed by atoms with Crippen LogP contribution in [-0.2, 0) is 15.6 Å². The molecule has 0 aliphatic heterocycles. The fourth-order valence-corrected chi connectivity index (χ4v) is 1.75. The van der Waals surface area contributed by atoms with Crippen LogP contribution < -0.4 is 0 Å². The van der Waals surface area contributed by atoms with Gasteiger partial charge in [0.25, 0.3) is 0 Å². The fraction of sp³-hybridized carbons (Fsp3) is 0.625. The second kappa shape index (κ2) is 6.24. The first kappa shape index (κ1) is 17.0. The van der Waals surface area contributed by atoms with Crippen LogP contribution in [0.4, 0.5) is 0 Å². The Morgan fingerprint density at radius 2 is 1.11 bits per heavy atom. The van der Waals surface area contributed by atoms with Gasteiger partial charge >= 0.3 is 0 Å². The molecular formula is C16H28O2. The third-order valence-corrected chi connectivity index (χ3v) is 2.65. The molecule has 0 bridgehead atoms. The summed E-state index contributed by atoms with van der Waals surface area (Å²) in [7, 11) is 3.25. The van der Waals surface area contributed by atoms with Gasteiger partial charge in [-0.05, 0) is 22.0 Å². The van der Waals surface area contributed by atoms with Crippen LogP contribution in [0.5, 0.6) is 5.75 Å². The van der Waals surface area contributed by atoms with Crippen molar-refractivity contribution in [2.45, 2.75) is 52.4 Å². The number of hydrogen-bond acceptors (Lipinski definition) is 2. The van der Waals surface area contributed by atoms with Crippen LogP contribution >= 0.6 is 0 Å². The van der Waals surface area contributed by atoms with Crippen LogP contribution in [0.1, 0.15) is 52.7 Å². The maximum Gasteiger partial charge on any atom is 0.123 e. The van der Waals surface area contributed by atoms with E-state index in [4.69, 9.17) is 0 Å². The van der Waals surface area contributed by atoms with Crippen molar-refractivity contribution < 1.29 is 9.84 Å². The summed E-state index contributed by atoms with van der Waals surface area (Å²) in [5.41, 5.74) is 2.03. The van der Waals surface area contributed by atoms with E-state index in [0.29, 0.717) is 5.75 Å². The van der Waals surface area contributed by atoms with Crippen molar-refractivity contribution in [1.82, 2.24) is 0 Å². The molecule has 0 heterocycles. The molecule has 2 heteroatoms. The summed E-state index contributed by atoms with van der Waals surface area (Å²) in [6, 6.07) is 6.04. The summed E-state index contributed by atoms with van der Waals surface area (Å²) in [4.78, 5) is 0. The minimum atomic E-state index is -0.00859. The molecule has 1 N–H and O–H groups in total. The highest BCUT2D eigenvalue weighted by Crippen LogP contribution is 2.38. The number of para-hydroxylation sites is 1. The van der Waals surface area contributed by atoms with Crippen molar-refractivity contribution in [2.24, 2.45) is 0 Å². The monoisotopic (exact) mass is 252 g/mol. The maximum atomic E-state index is 10.3. The van der Waals surface area contributed by atoms with Gasteiger partial charge in [-0.15, -0.1) is 0 Å². The van der Waals surface area contributed by atoms with Crippen molar-refractivity contribution >= 4 is 0 Å². The Balaban J connectivity index is 0.000000873. The third kappa shape index (κ3) is 4.69. The lowest BCUT2D eigenvalue weighted by atomic mass is 9.80. The first-order valence-electron chi connectivity index (χ1n) is 6.28. The number of benzene rings is 1. The van der Waals surface area contributed by atoms with Crippen LogP contribution in [-0.4, -0.2) is 19.3 Å². The Morgan fingerprint density at radius 3 is 1.33 bits per heavy atom. The first-order chi connectivity index (χ1) is 8.05. The maximum absolute atomic E-state index is 10.3. The van der Waals surface area contributed by atoms with E-state index in [1.807, 2.05) is 18.2 Å². The molecule has 0 aromatic heterocycles. The Labute approximate surface area is 112 Å². The number of rotatable bonds is 0. The molecule has 0 radical (unpaired) electrons. The van der Waals surface area contributed by atoms with Crippen LogP contribution in [0, 0.1) is 0 Å². The lowest BCUT2D eigenvalue weighted by molar-refractivity contribution is 0.277. The Morgan fingerprint density at radius 1 is 0.833 bits per heavy atom. The van der Waals surface area contributed by atoms with E-state index in [0.717, 1.165) is 11.1 Å². The predicted molar refractivity (Wildman–Crippen MR) is 78.4 cm³/mol. The molecule has 18 heavy (non-hydrogen) atoms. The standard InChI is InChI=1S/C14H22O.C2H6O/c1-13(2,3)10-8-7-9-11(12(10)15)14(4,5)6;1-3-2/h7-9,15H,1-6H3;1-2H3. The molecule has 0 amide bonds. The Kier molecular flexibility index (Phi) is 5.88. The number of phenols is 1. The Bertz CT molecular complexity index is 335. The zero-order valence-electron chi connectivity index (χ0n) is 13.1. The summed E-state index contributed by atoms with van der Waals surface area (Å²) in [5, 5.41) is 10.3. The molecule has 0 spiro atoms. The van der Waals surface area contributed by atoms with E-state index in [1.165, 1.54) is 0 Å². The zero-order valence-corrected chi connectivity index (χ0v) is 13.1. The van der Waals surface area contributed by atoms with E-state index >= 15 is 0 Å². The minimum absolute atomic E-state index is 0.00859. The smallest absolute Gasteiger partial charge is 0.123 e. The van der Waals surface area contributed by atoms with E-state index in [1.54, 1.807) is 14.2 Å². The molecule has 0 aliphatic carbocycles. The third-order valence-electron chi connectivity index (χ3n) is 2.65. The van der Waals surface area contributed by atoms with Crippen molar-refractivity contribution in [3.63, 3.8) is 0 Å². The minimum Gasteiger partial charge on any atom is -0.507 e. The van der Waals surface area contributed by atoms with Crippen LogP contribution in [0.15, 0.2) is 18.2 Å². The van der Waals surface area contributed by atoms with E-state index in [2.05, 4.69) is 46.3 Å². The molecule has 0 aliphatic rings. The van der Waals surface area contributed by atoms with Crippen molar-refractivity contribution in [3.05, 3.63) is 29.3 Å². The molecule has 0 atom stereocenters. The number of aromatic hydroxyl groups is 1. The highest BCUT2D eigenvalue weighted by molar-refractivity contribution is 5.46. The predicted octanol–water partition coefficient (Wildman–Crippen LogP) is 4.25. The summed E-state index contributed by atoms with van der Waals surface area (Å²) in [5.74, 6) is 0.456. The number of methoxy groups -OCH3 is 1. The van der Waals surface area contributed by atoms with E-state index in [-0.39, 0.29) is 10.8 Å². The van der Waals surface area contributed by atoms with E-state index in [9.17, 15) is 5.11 Å². The molecule has 1 rings (SSSR count). The largest absolute Gasteiger partial charge is 0.507 e. The quantitative estimate of drug-likeness (QED) is 0.748. The highest BCUT2D eigenvalue weighted by Gasteiger charge is 2.24. The van der Waals surface area contributed by atoms with Gasteiger partial charge in [-0.3, -0.25) is 0 Å². The van der Waals surface area contributed by atoms with E-state index < -0.39 is 0 Å². The molecule has 0 fully saturated rings. The van der Waals surface area contributed by atoms with Crippen LogP contribution in [0.25, 0.3) is 0 Å². The van der Waals surface area contributed by atoms with Gasteiger partial charge in [-0.1, -0.05) is 59.7 Å². The van der Waals surface area contributed by atoms with Gasteiger partial charge in [0.2, 0.25) is 0 Å². The molecule has 104 valence electrons. The summed E-state index contributed by atoms with van der Waals surface area (Å²) < 4.78 is 4.25. The zero-order chi connectivity index (χ0) is 14.6. The lowest BCUT2D eigenvalue weighted by Gasteiger charge is -2.26. The van der Waals surface area contributed by atoms with Gasteiger partial charge in [-0.2, -0.15) is 0 Å². The molecule has 0 saturated carbocycles. The molecule has 2 nitrogen and oxygen atoms in total. The second-order valence-electron chi connectivity index (χ2n) is 6.61. The fourth-order valence-electron chi connectivity index (χ4n) is 1.75. The summed E-state index contributed by atoms with van der Waals surface area (Å²) in [6.45, 7) is 12.7. The highest BCUT2D eigenvalue weighted by atomic mass is 16.4. The lowest BCUT2D eigenvalue weighted by Crippen LogP contribution is -2.16. The molecule has 1 aromatic carbocycles. The topological polar surface area (TPSA) is 29.5 Å². The number of phenolic OH excluding ortho intramolecular Hbond substituents is 1. The van der Waals surface area contributed by atoms with Crippen LogP contribution in [0.2, 0.25) is 0 Å². The number of ether oxygens (including phenoxy) is 1. The van der Waals surface area contributed by atoms with Crippen molar-refractivity contribution in [3.8, 4) is 5.75 Å². The first-order valence-corrected chi connectivity index (χ1v) is 6.28. The van der Waals surface area contributed by atoms with Crippen molar-refractivity contribution in [1.29, 1.82) is 0 Å². The average molecular weight is 252 g/mol. The van der Waals surface area contributed by atoms with Gasteiger partial charge < -0.3 is 9.84 Å². The van der Waals surface area contributed by atoms with Gasteiger partial charge in [0, 0.05) is 14.2 Å². The summed E-state index contributed by atoms with van der Waals surface area (Å²) >= 11 is 0. The van der Waals surface area contributed by atoms with Crippen molar-refractivity contribution in [2.75, 3.05) is 14.2 Å². The van der Waals surface area contributed by atoms with Gasteiger partial charge in [0.05, 0.1) is 0 Å². The Hall–Kier alpha value is -1.02. The normalized spacial score (nSPS) is 11.8. The van der Waals surface area contributed by atoms with Crippen LogP contribution in [0.3, 0.4) is 0 Å². The van der Waals surface area contributed by atoms with Gasteiger partial charge in [0.1, 0.15) is 5.75 Å². The van der Waals surface area contributed by atoms with Gasteiger partial charge in [-0.25, -0.2) is 0 Å². The molecular weight excluding hydrogens is 224 g/mol. The molecule has 0 saturated heterocycles. The average Bonchev–Trinajstić information content (AvgIpc) is 2.15. The summed E-state index contributed by atoms with van der Waals surface area (Å²) in [6.07, 6.45) is 0. The second-order valence-corrected chi connectivity index (χ2v) is 6.61. The molecule has 0 unspecified atom stereocenters.